The molecular formula is C17H9F27O3. The van der Waals surface area contributed by atoms with Crippen molar-refractivity contribution in [1.29, 1.82) is 0 Å². The molecule has 0 aromatic heterocycles. The van der Waals surface area contributed by atoms with E-state index in [9.17, 15) is 119 Å². The number of ether oxygens (including phenoxy) is 3. The third-order valence-corrected chi connectivity index (χ3v) is 5.50. The van der Waals surface area contributed by atoms with Crippen LogP contribution in [0.15, 0.2) is 0 Å². The van der Waals surface area contributed by atoms with Gasteiger partial charge in [-0.05, 0) is 0 Å². The summed E-state index contributed by atoms with van der Waals surface area (Å²) in [6.07, 6.45) is -71.6. The first-order valence-corrected chi connectivity index (χ1v) is 10.4. The van der Waals surface area contributed by atoms with Gasteiger partial charge in [0.1, 0.15) is 0 Å². The maximum Gasteiger partial charge on any atom is 0.435 e. The molecular weight excluding hydrogens is 765 g/mol. The van der Waals surface area contributed by atoms with Gasteiger partial charge in [0.15, 0.2) is 0 Å². The molecule has 0 aromatic carbocycles. The van der Waals surface area contributed by atoms with Crippen LogP contribution < -0.4 is 0 Å². The van der Waals surface area contributed by atoms with Crippen molar-refractivity contribution in [2.24, 2.45) is 5.41 Å². The van der Waals surface area contributed by atoms with Crippen LogP contribution in [0, 0.1) is 5.41 Å². The van der Waals surface area contributed by atoms with Gasteiger partial charge in [-0.1, -0.05) is 6.92 Å². The van der Waals surface area contributed by atoms with Crippen LogP contribution in [-0.2, 0) is 14.2 Å². The summed E-state index contributed by atoms with van der Waals surface area (Å²) in [5, 5.41) is 0. The zero-order valence-electron chi connectivity index (χ0n) is 21.1. The van der Waals surface area contributed by atoms with Crippen molar-refractivity contribution in [3.63, 3.8) is 0 Å². The Morgan fingerprint density at radius 3 is 0.447 bits per heavy atom. The maximum absolute atomic E-state index is 13.1. The fourth-order valence-corrected chi connectivity index (χ4v) is 3.16. The molecule has 0 aromatic rings. The summed E-state index contributed by atoms with van der Waals surface area (Å²) in [4.78, 5) is 0. The predicted molar refractivity (Wildman–Crippen MR) is 88.7 cm³/mol. The third kappa shape index (κ3) is 7.76. The van der Waals surface area contributed by atoms with Gasteiger partial charge in [-0.15, -0.1) is 0 Å². The van der Waals surface area contributed by atoms with Gasteiger partial charge < -0.3 is 14.2 Å². The Labute approximate surface area is 238 Å². The minimum atomic E-state index is -7.95. The lowest BCUT2D eigenvalue weighted by atomic mass is 9.91. The molecule has 0 atom stereocenters. The van der Waals surface area contributed by atoms with Gasteiger partial charge in [-0.3, -0.25) is 0 Å². The van der Waals surface area contributed by atoms with E-state index in [0.29, 0.717) is 0 Å². The fraction of sp³-hybridized carbons (Fsp3) is 1.00. The molecule has 30 heteroatoms. The average molecular weight is 774 g/mol. The minimum Gasteiger partial charge on any atom is -0.350 e. The SMILES string of the molecule is CC(COC(C(F)(F)F)(C(F)(F)F)C(F)(F)F)(COC(C(F)(F)F)(C(F)(F)F)C(F)(F)F)COC(C(F)(F)F)(C(F)(F)F)C(F)(F)F. The zero-order chi connectivity index (χ0) is 38.7. The molecule has 0 unspecified atom stereocenters. The van der Waals surface area contributed by atoms with Crippen LogP contribution in [0.2, 0.25) is 0 Å². The monoisotopic (exact) mass is 774 g/mol. The van der Waals surface area contributed by atoms with Crippen molar-refractivity contribution in [2.45, 2.75) is 79.3 Å². The molecule has 0 bridgehead atoms. The van der Waals surface area contributed by atoms with E-state index >= 15 is 0 Å². The fourth-order valence-electron chi connectivity index (χ4n) is 3.16. The Morgan fingerprint density at radius 1 is 0.255 bits per heavy atom. The quantitative estimate of drug-likeness (QED) is 0.219. The molecule has 0 fully saturated rings. The van der Waals surface area contributed by atoms with Crippen molar-refractivity contribution in [3.05, 3.63) is 0 Å². The summed E-state index contributed by atoms with van der Waals surface area (Å²) in [5.41, 5.74) is -28.2. The smallest absolute Gasteiger partial charge is 0.350 e. The molecule has 3 nitrogen and oxygen atoms in total. The van der Waals surface area contributed by atoms with Crippen LogP contribution in [0.3, 0.4) is 0 Å². The van der Waals surface area contributed by atoms with E-state index in [1.807, 2.05) is 0 Å². The third-order valence-electron chi connectivity index (χ3n) is 5.50. The molecule has 0 saturated carbocycles. The molecule has 284 valence electrons. The Hall–Kier alpha value is -2.01. The van der Waals surface area contributed by atoms with Gasteiger partial charge >= 0.3 is 72.4 Å². The molecule has 0 spiro atoms. The van der Waals surface area contributed by atoms with Crippen LogP contribution in [-0.4, -0.2) is 92.2 Å². The molecule has 0 N–H and O–H groups in total. The maximum atomic E-state index is 13.1. The van der Waals surface area contributed by atoms with Crippen LogP contribution in [0.1, 0.15) is 6.92 Å². The lowest BCUT2D eigenvalue weighted by Gasteiger charge is -2.44. The summed E-state index contributed by atoms with van der Waals surface area (Å²) >= 11 is 0. The second kappa shape index (κ2) is 12.1. The van der Waals surface area contributed by atoms with Crippen LogP contribution >= 0.6 is 0 Å². The Morgan fingerprint density at radius 2 is 0.362 bits per heavy atom. The second-order valence-corrected chi connectivity index (χ2v) is 9.20. The summed E-state index contributed by atoms with van der Waals surface area (Å²) in [6, 6.07) is 0. The van der Waals surface area contributed by atoms with Gasteiger partial charge in [-0.2, -0.15) is 119 Å². The predicted octanol–water partition coefficient (Wildman–Crippen LogP) is 9.32. The van der Waals surface area contributed by atoms with Crippen LogP contribution in [0.25, 0.3) is 0 Å². The Kier molecular flexibility index (Phi) is 11.6. The number of hydrogen-bond donors (Lipinski definition) is 0. The summed E-state index contributed by atoms with van der Waals surface area (Å²) in [6.45, 7) is -12.5. The van der Waals surface area contributed by atoms with Crippen molar-refractivity contribution >= 4 is 0 Å². The van der Waals surface area contributed by atoms with Crippen molar-refractivity contribution in [2.75, 3.05) is 19.8 Å². The number of halogens is 27. The van der Waals surface area contributed by atoms with E-state index in [2.05, 4.69) is 14.2 Å². The number of rotatable bonds is 9. The summed E-state index contributed by atoms with van der Waals surface area (Å²) in [5.74, 6) is 0. The van der Waals surface area contributed by atoms with E-state index in [1.165, 1.54) is 0 Å². The first kappa shape index (κ1) is 45.0. The highest BCUT2D eigenvalue weighted by atomic mass is 19.5. The highest BCUT2D eigenvalue weighted by Gasteiger charge is 2.88. The Bertz CT molecular complexity index is 800. The van der Waals surface area contributed by atoms with E-state index in [1.54, 1.807) is 0 Å². The lowest BCUT2D eigenvalue weighted by molar-refractivity contribution is -0.473. The average Bonchev–Trinajstić information content (AvgIpc) is 2.65. The van der Waals surface area contributed by atoms with E-state index in [0.717, 1.165) is 0 Å². The number of alkyl halides is 27. The second-order valence-electron chi connectivity index (χ2n) is 9.20. The van der Waals surface area contributed by atoms with Crippen LogP contribution in [0.4, 0.5) is 119 Å². The van der Waals surface area contributed by atoms with E-state index in [4.69, 9.17) is 0 Å². The zero-order valence-corrected chi connectivity index (χ0v) is 21.1. The highest BCUT2D eigenvalue weighted by Crippen LogP contribution is 2.59. The summed E-state index contributed by atoms with van der Waals surface area (Å²) in [7, 11) is 0. The molecule has 0 aliphatic heterocycles. The van der Waals surface area contributed by atoms with Gasteiger partial charge in [0.05, 0.1) is 19.8 Å². The van der Waals surface area contributed by atoms with Crippen molar-refractivity contribution in [1.82, 2.24) is 0 Å². The first-order chi connectivity index (χ1) is 19.9. The van der Waals surface area contributed by atoms with Gasteiger partial charge in [-0.25, -0.2) is 0 Å². The highest BCUT2D eigenvalue weighted by molar-refractivity contribution is 5.06. The van der Waals surface area contributed by atoms with Gasteiger partial charge in [0, 0.05) is 5.41 Å². The minimum absolute atomic E-state index is 0.956. The Balaban J connectivity index is 7.73. The lowest BCUT2D eigenvalue weighted by Crippen LogP contribution is -2.70. The standard InChI is InChI=1S/C17H9F27O3/c1-5(2-45-6(9(18,19)20,10(21,22)23)11(24,25)26,3-46-7(12(27,28)29,13(30,31)32)14(33,34)35)4-47-8(15(36,37)38,16(39,40)41)17(42,43)44/h2-4H2,1H3. The summed E-state index contributed by atoms with van der Waals surface area (Å²) < 4.78 is 362. The van der Waals surface area contributed by atoms with Crippen LogP contribution in [0.5, 0.6) is 0 Å². The van der Waals surface area contributed by atoms with E-state index in [-0.39, 0.29) is 0 Å². The molecule has 0 amide bonds. The van der Waals surface area contributed by atoms with Gasteiger partial charge in [0.2, 0.25) is 0 Å². The molecule has 0 saturated heterocycles. The van der Waals surface area contributed by atoms with E-state index < -0.39 is 105 Å². The molecule has 0 radical (unpaired) electrons. The molecule has 0 rings (SSSR count). The molecule has 47 heavy (non-hydrogen) atoms. The molecule has 0 aliphatic carbocycles. The molecule has 0 heterocycles. The number of hydrogen-bond acceptors (Lipinski definition) is 3. The first-order valence-electron chi connectivity index (χ1n) is 10.4. The van der Waals surface area contributed by atoms with Crippen molar-refractivity contribution in [3.8, 4) is 0 Å². The largest absolute Gasteiger partial charge is 0.435 e. The molecule has 0 aliphatic rings. The topological polar surface area (TPSA) is 27.7 Å². The van der Waals surface area contributed by atoms with Gasteiger partial charge in [0.25, 0.3) is 0 Å². The normalized spacial score (nSPS) is 16.6. The van der Waals surface area contributed by atoms with Crippen molar-refractivity contribution < 1.29 is 133 Å².